The Balaban J connectivity index is 1.28. The van der Waals surface area contributed by atoms with Gasteiger partial charge in [-0.25, -0.2) is 0 Å². The smallest absolute Gasteiger partial charge is 0.0346 e. The molecule has 250 valence electrons. The molecule has 0 aliphatic rings. The van der Waals surface area contributed by atoms with Crippen LogP contribution in [-0.4, -0.2) is 4.98 Å². The van der Waals surface area contributed by atoms with Crippen LogP contribution in [0.15, 0.2) is 200 Å². The fourth-order valence-corrected chi connectivity index (χ4v) is 8.85. The second-order valence-corrected chi connectivity index (χ2v) is 14.3. The zero-order valence-corrected chi connectivity index (χ0v) is 29.5. The van der Waals surface area contributed by atoms with Gasteiger partial charge in [0.2, 0.25) is 0 Å². The Labute approximate surface area is 313 Å². The van der Waals surface area contributed by atoms with Crippen LogP contribution >= 0.6 is 0 Å². The molecule has 1 heterocycles. The second kappa shape index (κ2) is 12.3. The number of hydrogen-bond acceptors (Lipinski definition) is 1. The lowest BCUT2D eigenvalue weighted by molar-refractivity contribution is 1.33. The fraction of sp³-hybridized carbons (Fsp3) is 0. The zero-order chi connectivity index (χ0) is 35.6. The van der Waals surface area contributed by atoms with E-state index in [4.69, 9.17) is 0 Å². The van der Waals surface area contributed by atoms with Crippen LogP contribution < -0.4 is 0 Å². The molecule has 0 aliphatic carbocycles. The lowest BCUT2D eigenvalue weighted by atomic mass is 9.81. The van der Waals surface area contributed by atoms with Crippen molar-refractivity contribution in [2.45, 2.75) is 0 Å². The first-order chi connectivity index (χ1) is 26.8. The summed E-state index contributed by atoms with van der Waals surface area (Å²) in [5.74, 6) is 0. The summed E-state index contributed by atoms with van der Waals surface area (Å²) >= 11 is 0. The molecule has 0 aliphatic heterocycles. The van der Waals surface area contributed by atoms with Crippen LogP contribution in [0, 0.1) is 0 Å². The van der Waals surface area contributed by atoms with Crippen LogP contribution in [0.1, 0.15) is 0 Å². The SMILES string of the molecule is c1cncc(-c2ccc(-c3ccc4c(-c5cc6ccccc6c6ccccc56)c5ccccc5c(-c5cc6ccccc6c6ccccc56)c4c3)cc2)c1. The van der Waals surface area contributed by atoms with Gasteiger partial charge >= 0.3 is 0 Å². The van der Waals surface area contributed by atoms with Crippen LogP contribution in [0.4, 0.5) is 0 Å². The van der Waals surface area contributed by atoms with Crippen LogP contribution in [0.3, 0.4) is 0 Å². The number of nitrogens with zero attached hydrogens (tertiary/aromatic N) is 1. The van der Waals surface area contributed by atoms with E-state index in [2.05, 4.69) is 187 Å². The first-order valence-corrected chi connectivity index (χ1v) is 18.6. The summed E-state index contributed by atoms with van der Waals surface area (Å²) in [6.07, 6.45) is 3.75. The Morgan fingerprint density at radius 1 is 0.259 bits per heavy atom. The van der Waals surface area contributed by atoms with E-state index in [1.807, 2.05) is 18.5 Å². The maximum atomic E-state index is 4.35. The lowest BCUT2D eigenvalue weighted by Crippen LogP contribution is -1.94. The molecular formula is C53H33N. The zero-order valence-electron chi connectivity index (χ0n) is 29.5. The molecule has 0 amide bonds. The van der Waals surface area contributed by atoms with Crippen molar-refractivity contribution in [2.75, 3.05) is 0 Å². The standard InChI is InChI=1S/C53H33N/c1-3-15-40-37(12-1)31-49(44-19-7-5-17-42(40)44)52-46-21-9-10-22-47(46)53(50-32-38-13-2-4-16-41(38)43-18-6-8-20-45(43)50)51-30-36(27-28-48(51)52)34-23-25-35(26-24-34)39-14-11-29-54-33-39/h1-33H. The number of pyridine rings is 1. The molecule has 0 N–H and O–H groups in total. The predicted octanol–water partition coefficient (Wildman–Crippen LogP) is 14.7. The molecule has 54 heavy (non-hydrogen) atoms. The van der Waals surface area contributed by atoms with Crippen LogP contribution in [0.5, 0.6) is 0 Å². The molecule has 0 unspecified atom stereocenters. The molecule has 0 bridgehead atoms. The molecule has 11 aromatic rings. The number of hydrogen-bond donors (Lipinski definition) is 0. The minimum atomic E-state index is 1.12. The average molecular weight is 684 g/mol. The van der Waals surface area contributed by atoms with E-state index in [0.717, 1.165) is 11.1 Å². The molecule has 0 fully saturated rings. The highest BCUT2D eigenvalue weighted by Gasteiger charge is 2.21. The Kier molecular flexibility index (Phi) is 6.93. The van der Waals surface area contributed by atoms with Gasteiger partial charge < -0.3 is 0 Å². The van der Waals surface area contributed by atoms with Crippen molar-refractivity contribution >= 4 is 64.6 Å². The molecule has 1 aromatic heterocycles. The number of rotatable bonds is 4. The third-order valence-corrected chi connectivity index (χ3v) is 11.3. The number of fused-ring (bicyclic) bond motifs is 8. The second-order valence-electron chi connectivity index (χ2n) is 14.3. The highest BCUT2D eigenvalue weighted by molar-refractivity contribution is 6.28. The maximum Gasteiger partial charge on any atom is 0.0346 e. The van der Waals surface area contributed by atoms with E-state index in [1.54, 1.807) is 0 Å². The van der Waals surface area contributed by atoms with Crippen LogP contribution in [0.2, 0.25) is 0 Å². The summed E-state index contributed by atoms with van der Waals surface area (Å²) in [5, 5.41) is 15.1. The first-order valence-electron chi connectivity index (χ1n) is 18.6. The van der Waals surface area contributed by atoms with Crippen molar-refractivity contribution in [3.63, 3.8) is 0 Å². The summed E-state index contributed by atoms with van der Waals surface area (Å²) in [4.78, 5) is 4.35. The van der Waals surface area contributed by atoms with E-state index < -0.39 is 0 Å². The van der Waals surface area contributed by atoms with Gasteiger partial charge in [-0.3, -0.25) is 4.98 Å². The maximum absolute atomic E-state index is 4.35. The topological polar surface area (TPSA) is 12.9 Å². The van der Waals surface area contributed by atoms with Gasteiger partial charge in [0.15, 0.2) is 0 Å². The van der Waals surface area contributed by atoms with Crippen LogP contribution in [0.25, 0.3) is 109 Å². The lowest BCUT2D eigenvalue weighted by Gasteiger charge is -2.21. The average Bonchev–Trinajstić information content (AvgIpc) is 3.25. The van der Waals surface area contributed by atoms with Gasteiger partial charge in [0, 0.05) is 12.4 Å². The summed E-state index contributed by atoms with van der Waals surface area (Å²) in [5.41, 5.74) is 9.71. The summed E-state index contributed by atoms with van der Waals surface area (Å²) in [7, 11) is 0. The molecule has 0 atom stereocenters. The number of benzene rings is 10. The minimum Gasteiger partial charge on any atom is -0.264 e. The van der Waals surface area contributed by atoms with E-state index >= 15 is 0 Å². The van der Waals surface area contributed by atoms with E-state index in [-0.39, 0.29) is 0 Å². The quantitative estimate of drug-likeness (QED) is 0.133. The van der Waals surface area contributed by atoms with Crippen molar-refractivity contribution in [2.24, 2.45) is 0 Å². The Morgan fingerprint density at radius 3 is 1.22 bits per heavy atom. The highest BCUT2D eigenvalue weighted by Crippen LogP contribution is 2.49. The van der Waals surface area contributed by atoms with Crippen molar-refractivity contribution < 1.29 is 0 Å². The van der Waals surface area contributed by atoms with Gasteiger partial charge in [-0.1, -0.05) is 164 Å². The van der Waals surface area contributed by atoms with E-state index in [1.165, 1.54) is 98.0 Å². The monoisotopic (exact) mass is 683 g/mol. The van der Waals surface area contributed by atoms with Crippen molar-refractivity contribution in [3.05, 3.63) is 200 Å². The van der Waals surface area contributed by atoms with Gasteiger partial charge in [0.25, 0.3) is 0 Å². The Morgan fingerprint density at radius 2 is 0.685 bits per heavy atom. The molecule has 11 rings (SSSR count). The van der Waals surface area contributed by atoms with Gasteiger partial charge in [0.05, 0.1) is 0 Å². The van der Waals surface area contributed by atoms with Gasteiger partial charge in [-0.2, -0.15) is 0 Å². The molecular weight excluding hydrogens is 651 g/mol. The van der Waals surface area contributed by atoms with E-state index in [0.29, 0.717) is 0 Å². The Hall–Kier alpha value is -7.09. The minimum absolute atomic E-state index is 1.12. The Bertz CT molecular complexity index is 3250. The number of aromatic nitrogens is 1. The van der Waals surface area contributed by atoms with Crippen molar-refractivity contribution in [1.82, 2.24) is 4.98 Å². The molecule has 10 aromatic carbocycles. The van der Waals surface area contributed by atoms with Crippen molar-refractivity contribution in [1.29, 1.82) is 0 Å². The van der Waals surface area contributed by atoms with Crippen LogP contribution in [-0.2, 0) is 0 Å². The van der Waals surface area contributed by atoms with Gasteiger partial charge in [-0.05, 0) is 133 Å². The largest absolute Gasteiger partial charge is 0.264 e. The first kappa shape index (κ1) is 30.5. The molecule has 0 spiro atoms. The summed E-state index contributed by atoms with van der Waals surface area (Å²) < 4.78 is 0. The molecule has 0 saturated heterocycles. The van der Waals surface area contributed by atoms with E-state index in [9.17, 15) is 0 Å². The third kappa shape index (κ3) is 4.76. The fourth-order valence-electron chi connectivity index (χ4n) is 8.85. The van der Waals surface area contributed by atoms with Gasteiger partial charge in [-0.15, -0.1) is 0 Å². The third-order valence-electron chi connectivity index (χ3n) is 11.3. The van der Waals surface area contributed by atoms with Gasteiger partial charge in [0.1, 0.15) is 0 Å². The summed E-state index contributed by atoms with van der Waals surface area (Å²) in [6.45, 7) is 0. The normalized spacial score (nSPS) is 11.7. The highest BCUT2D eigenvalue weighted by atomic mass is 14.6. The molecule has 0 radical (unpaired) electrons. The predicted molar refractivity (Wildman–Crippen MR) is 231 cm³/mol. The molecule has 0 saturated carbocycles. The summed E-state index contributed by atoms with van der Waals surface area (Å²) in [6, 6.07) is 69.4. The van der Waals surface area contributed by atoms with Crippen molar-refractivity contribution in [3.8, 4) is 44.5 Å². The molecule has 1 heteroatoms. The molecule has 1 nitrogen and oxygen atoms in total.